The largest absolute Gasteiger partial charge is 0.385 e. The number of rotatable bonds is 7. The molecule has 1 fully saturated rings. The summed E-state index contributed by atoms with van der Waals surface area (Å²) in [4.78, 5) is 18.1. The number of benzene rings is 1. The fraction of sp³-hybridized carbons (Fsp3) is 0.545. The molecule has 0 bridgehead atoms. The summed E-state index contributed by atoms with van der Waals surface area (Å²) in [5, 5.41) is 5.20. The van der Waals surface area contributed by atoms with Crippen LogP contribution in [0.1, 0.15) is 48.8 Å². The Morgan fingerprint density at radius 2 is 2.04 bits per heavy atom. The summed E-state index contributed by atoms with van der Waals surface area (Å²) in [7, 11) is 1.71. The van der Waals surface area contributed by atoms with Gasteiger partial charge in [-0.3, -0.25) is 4.79 Å². The number of pyridine rings is 1. The fourth-order valence-corrected chi connectivity index (χ4v) is 4.43. The van der Waals surface area contributed by atoms with Crippen molar-refractivity contribution in [3.05, 3.63) is 45.2 Å². The Morgan fingerprint density at radius 3 is 2.75 bits per heavy atom. The number of thiocarbonyl (C=S) groups is 1. The van der Waals surface area contributed by atoms with Crippen molar-refractivity contribution in [2.75, 3.05) is 20.3 Å². The van der Waals surface area contributed by atoms with E-state index in [0.29, 0.717) is 19.2 Å². The minimum Gasteiger partial charge on any atom is -0.385 e. The van der Waals surface area contributed by atoms with Crippen molar-refractivity contribution >= 4 is 28.2 Å². The van der Waals surface area contributed by atoms with E-state index in [1.165, 1.54) is 18.4 Å². The van der Waals surface area contributed by atoms with E-state index >= 15 is 0 Å². The van der Waals surface area contributed by atoms with Crippen LogP contribution in [-0.4, -0.2) is 41.3 Å². The summed E-state index contributed by atoms with van der Waals surface area (Å²) < 4.78 is 5.11. The number of nitrogens with zero attached hydrogens (tertiary/aromatic N) is 1. The minimum absolute atomic E-state index is 0.0253. The van der Waals surface area contributed by atoms with E-state index in [0.717, 1.165) is 52.9 Å². The summed E-state index contributed by atoms with van der Waals surface area (Å²) >= 11 is 5.70. The molecule has 6 heteroatoms. The second-order valence-corrected chi connectivity index (χ2v) is 8.20. The van der Waals surface area contributed by atoms with E-state index in [1.807, 2.05) is 19.1 Å². The number of nitrogens with one attached hydrogen (secondary N) is 2. The number of hydrogen-bond acceptors (Lipinski definition) is 3. The lowest BCUT2D eigenvalue weighted by Crippen LogP contribution is -2.45. The quantitative estimate of drug-likeness (QED) is 0.546. The first-order valence-corrected chi connectivity index (χ1v) is 10.6. The number of aromatic amines is 1. The van der Waals surface area contributed by atoms with Crippen molar-refractivity contribution in [1.29, 1.82) is 0 Å². The molecule has 152 valence electrons. The molecule has 0 atom stereocenters. The highest BCUT2D eigenvalue weighted by atomic mass is 32.1. The molecule has 0 radical (unpaired) electrons. The number of ether oxygens (including phenoxy) is 1. The number of aromatic nitrogens is 1. The van der Waals surface area contributed by atoms with Crippen LogP contribution < -0.4 is 10.9 Å². The third-order valence-electron chi connectivity index (χ3n) is 5.56. The summed E-state index contributed by atoms with van der Waals surface area (Å²) in [6, 6.07) is 6.63. The Balaban J connectivity index is 1.84. The molecule has 2 N–H and O–H groups in total. The predicted octanol–water partition coefficient (Wildman–Crippen LogP) is 3.80. The van der Waals surface area contributed by atoms with Gasteiger partial charge >= 0.3 is 0 Å². The van der Waals surface area contributed by atoms with E-state index in [1.54, 1.807) is 7.11 Å². The third kappa shape index (κ3) is 4.92. The highest BCUT2D eigenvalue weighted by Gasteiger charge is 2.25. The maximum atomic E-state index is 12.8. The Labute approximate surface area is 172 Å². The molecular weight excluding hydrogens is 370 g/mol. The maximum absolute atomic E-state index is 12.8. The molecule has 0 saturated heterocycles. The fourth-order valence-electron chi connectivity index (χ4n) is 4.11. The van der Waals surface area contributed by atoms with Gasteiger partial charge in [0.25, 0.3) is 5.56 Å². The molecule has 1 aliphatic rings. The predicted molar refractivity (Wildman–Crippen MR) is 119 cm³/mol. The molecule has 0 aliphatic heterocycles. The van der Waals surface area contributed by atoms with Gasteiger partial charge in [-0.25, -0.2) is 0 Å². The van der Waals surface area contributed by atoms with Crippen LogP contribution in [0.3, 0.4) is 0 Å². The van der Waals surface area contributed by atoms with Gasteiger partial charge in [-0.15, -0.1) is 0 Å². The van der Waals surface area contributed by atoms with Crippen LogP contribution in [0.5, 0.6) is 0 Å². The van der Waals surface area contributed by atoms with Crippen molar-refractivity contribution in [2.45, 2.75) is 58.5 Å². The van der Waals surface area contributed by atoms with E-state index in [4.69, 9.17) is 17.0 Å². The molecule has 1 aromatic carbocycles. The molecule has 0 spiro atoms. The van der Waals surface area contributed by atoms with Crippen molar-refractivity contribution in [3.63, 3.8) is 0 Å². The maximum Gasteiger partial charge on any atom is 0.253 e. The van der Waals surface area contributed by atoms with Gasteiger partial charge < -0.3 is 19.9 Å². The van der Waals surface area contributed by atoms with Crippen LogP contribution in [0.2, 0.25) is 0 Å². The van der Waals surface area contributed by atoms with Crippen molar-refractivity contribution in [1.82, 2.24) is 15.2 Å². The number of fused-ring (bicyclic) bond motifs is 1. The highest BCUT2D eigenvalue weighted by Crippen LogP contribution is 2.26. The Hall–Kier alpha value is -1.92. The average molecular weight is 402 g/mol. The number of hydrogen-bond donors (Lipinski definition) is 2. The average Bonchev–Trinajstić information content (AvgIpc) is 3.18. The summed E-state index contributed by atoms with van der Waals surface area (Å²) in [5.41, 5.74) is 3.98. The SMILES string of the molecule is COCCCNC(=S)N(Cc1cc2c(C)cc(C)cc2[nH]c1=O)C1CCCC1. The lowest BCUT2D eigenvalue weighted by molar-refractivity contribution is 0.195. The van der Waals surface area contributed by atoms with Crippen molar-refractivity contribution < 1.29 is 4.74 Å². The number of methoxy groups -OCH3 is 1. The highest BCUT2D eigenvalue weighted by molar-refractivity contribution is 7.80. The van der Waals surface area contributed by atoms with Crippen LogP contribution in [-0.2, 0) is 11.3 Å². The second-order valence-electron chi connectivity index (χ2n) is 7.81. The van der Waals surface area contributed by atoms with E-state index < -0.39 is 0 Å². The van der Waals surface area contributed by atoms with Gasteiger partial charge in [0.2, 0.25) is 0 Å². The molecule has 0 amide bonds. The van der Waals surface area contributed by atoms with E-state index in [2.05, 4.69) is 28.2 Å². The van der Waals surface area contributed by atoms with Gasteiger partial charge in [0.15, 0.2) is 5.11 Å². The molecule has 1 aromatic heterocycles. The van der Waals surface area contributed by atoms with Crippen molar-refractivity contribution in [2.24, 2.45) is 0 Å². The summed E-state index contributed by atoms with van der Waals surface area (Å²) in [5.74, 6) is 0. The topological polar surface area (TPSA) is 57.4 Å². The Bertz CT molecular complexity index is 887. The third-order valence-corrected chi connectivity index (χ3v) is 5.94. The summed E-state index contributed by atoms with van der Waals surface area (Å²) in [6.45, 7) is 6.17. The lowest BCUT2D eigenvalue weighted by atomic mass is 10.0. The molecule has 1 saturated carbocycles. The van der Waals surface area contributed by atoms with Crippen LogP contribution >= 0.6 is 12.2 Å². The standard InChI is InChI=1S/C22H31N3O2S/c1-15-11-16(2)19-13-17(21(26)24-20(19)12-15)14-25(18-7-4-5-8-18)22(28)23-9-6-10-27-3/h11-13,18H,4-10,14H2,1-3H3,(H,23,28)(H,24,26). The Kier molecular flexibility index (Phi) is 7.08. The second kappa shape index (κ2) is 9.52. The smallest absolute Gasteiger partial charge is 0.253 e. The minimum atomic E-state index is -0.0253. The van der Waals surface area contributed by atoms with Gasteiger partial charge in [-0.05, 0) is 68.6 Å². The van der Waals surface area contributed by atoms with Crippen LogP contribution in [0.25, 0.3) is 10.9 Å². The molecule has 0 unspecified atom stereocenters. The zero-order chi connectivity index (χ0) is 20.1. The zero-order valence-electron chi connectivity index (χ0n) is 17.1. The number of H-pyrrole nitrogens is 1. The first kappa shape index (κ1) is 20.8. The molecule has 28 heavy (non-hydrogen) atoms. The normalized spacial score (nSPS) is 14.5. The van der Waals surface area contributed by atoms with Gasteiger partial charge in [0, 0.05) is 42.8 Å². The Morgan fingerprint density at radius 1 is 1.29 bits per heavy atom. The molecule has 5 nitrogen and oxygen atoms in total. The van der Waals surface area contributed by atoms with Crippen molar-refractivity contribution in [3.8, 4) is 0 Å². The van der Waals surface area contributed by atoms with Gasteiger partial charge in [-0.1, -0.05) is 18.9 Å². The zero-order valence-corrected chi connectivity index (χ0v) is 18.0. The molecule has 1 aliphatic carbocycles. The van der Waals surface area contributed by atoms with Crippen LogP contribution in [0.4, 0.5) is 0 Å². The van der Waals surface area contributed by atoms with Gasteiger partial charge in [0.05, 0.1) is 6.54 Å². The molecular formula is C22H31N3O2S. The first-order valence-electron chi connectivity index (χ1n) is 10.2. The lowest BCUT2D eigenvalue weighted by Gasteiger charge is -2.31. The van der Waals surface area contributed by atoms with Gasteiger partial charge in [-0.2, -0.15) is 0 Å². The summed E-state index contributed by atoms with van der Waals surface area (Å²) in [6.07, 6.45) is 5.61. The molecule has 1 heterocycles. The van der Waals surface area contributed by atoms with Gasteiger partial charge in [0.1, 0.15) is 0 Å². The van der Waals surface area contributed by atoms with E-state index in [-0.39, 0.29) is 5.56 Å². The molecule has 2 aromatic rings. The van der Waals surface area contributed by atoms with E-state index in [9.17, 15) is 4.79 Å². The molecule has 3 rings (SSSR count). The van der Waals surface area contributed by atoms with Crippen LogP contribution in [0.15, 0.2) is 23.0 Å². The number of aryl methyl sites for hydroxylation is 2. The van der Waals surface area contributed by atoms with Crippen LogP contribution in [0, 0.1) is 13.8 Å². The first-order chi connectivity index (χ1) is 13.5. The monoisotopic (exact) mass is 401 g/mol.